The van der Waals surface area contributed by atoms with Crippen molar-refractivity contribution in [3.05, 3.63) is 23.1 Å². The van der Waals surface area contributed by atoms with Crippen molar-refractivity contribution in [2.45, 2.75) is 57.8 Å². The molecule has 1 aliphatic rings. The average molecular weight is 360 g/mol. The van der Waals surface area contributed by atoms with Crippen molar-refractivity contribution < 1.29 is 4.74 Å². The van der Waals surface area contributed by atoms with Crippen LogP contribution in [0.25, 0.3) is 20.4 Å². The zero-order chi connectivity index (χ0) is 16.9. The van der Waals surface area contributed by atoms with E-state index in [0.717, 1.165) is 50.9 Å². The molecule has 0 fully saturated rings. The topological polar surface area (TPSA) is 47.9 Å². The van der Waals surface area contributed by atoms with Gasteiger partial charge in [-0.05, 0) is 39.0 Å². The summed E-state index contributed by atoms with van der Waals surface area (Å²) in [7, 11) is 0. The SMILES string of the molecule is CCCSc1nc(C)nc2c1sc1nc3c(cc12)COC(C)(C)C3. The standard InChI is InChI=1S/C18H21N3OS2/c1-5-6-23-17-15-14(19-10(2)20-17)12-7-11-9-22-18(3,4)8-13(11)21-16(12)24-15/h7H,5-6,8-9H2,1-4H3. The maximum Gasteiger partial charge on any atom is 0.127 e. The van der Waals surface area contributed by atoms with Gasteiger partial charge in [0.25, 0.3) is 0 Å². The predicted molar refractivity (Wildman–Crippen MR) is 101 cm³/mol. The van der Waals surface area contributed by atoms with Crippen molar-refractivity contribution in [3.8, 4) is 0 Å². The molecule has 4 heterocycles. The molecule has 1 aliphatic heterocycles. The molecule has 0 N–H and O–H groups in total. The molecule has 0 spiro atoms. The first-order valence-corrected chi connectivity index (χ1v) is 10.1. The third-order valence-electron chi connectivity index (χ3n) is 4.21. The minimum absolute atomic E-state index is 0.136. The second-order valence-electron chi connectivity index (χ2n) is 6.88. The third kappa shape index (κ3) is 2.80. The third-order valence-corrected chi connectivity index (χ3v) is 6.62. The predicted octanol–water partition coefficient (Wildman–Crippen LogP) is 4.90. The molecule has 24 heavy (non-hydrogen) atoms. The van der Waals surface area contributed by atoms with E-state index in [-0.39, 0.29) is 5.60 Å². The zero-order valence-corrected chi connectivity index (χ0v) is 16.1. The van der Waals surface area contributed by atoms with E-state index in [9.17, 15) is 0 Å². The Morgan fingerprint density at radius 3 is 2.92 bits per heavy atom. The molecule has 3 aromatic rings. The molecule has 0 saturated heterocycles. The van der Waals surface area contributed by atoms with Crippen LogP contribution in [0, 0.1) is 6.92 Å². The second kappa shape index (κ2) is 5.93. The van der Waals surface area contributed by atoms with Crippen molar-refractivity contribution in [2.75, 3.05) is 5.75 Å². The summed E-state index contributed by atoms with van der Waals surface area (Å²) in [6.07, 6.45) is 1.99. The summed E-state index contributed by atoms with van der Waals surface area (Å²) >= 11 is 3.54. The minimum Gasteiger partial charge on any atom is -0.370 e. The first-order valence-electron chi connectivity index (χ1n) is 8.33. The number of hydrogen-bond acceptors (Lipinski definition) is 6. The van der Waals surface area contributed by atoms with E-state index < -0.39 is 0 Å². The zero-order valence-electron chi connectivity index (χ0n) is 14.5. The number of thiophene rings is 1. The van der Waals surface area contributed by atoms with E-state index >= 15 is 0 Å². The molecule has 4 nitrogen and oxygen atoms in total. The van der Waals surface area contributed by atoms with Crippen molar-refractivity contribution in [1.82, 2.24) is 15.0 Å². The maximum atomic E-state index is 5.96. The lowest BCUT2D eigenvalue weighted by molar-refractivity contribution is -0.0411. The van der Waals surface area contributed by atoms with E-state index in [1.165, 1.54) is 10.3 Å². The summed E-state index contributed by atoms with van der Waals surface area (Å²) < 4.78 is 7.13. The molecule has 0 radical (unpaired) electrons. The quantitative estimate of drug-likeness (QED) is 0.492. The lowest BCUT2D eigenvalue weighted by Crippen LogP contribution is -2.32. The molecule has 6 heteroatoms. The molecule has 0 amide bonds. The summed E-state index contributed by atoms with van der Waals surface area (Å²) in [4.78, 5) is 15.4. The normalized spacial score (nSPS) is 16.7. The molecule has 0 bridgehead atoms. The first kappa shape index (κ1) is 16.2. The van der Waals surface area contributed by atoms with Gasteiger partial charge in [-0.3, -0.25) is 0 Å². The Bertz CT molecular complexity index is 933. The van der Waals surface area contributed by atoms with Crippen LogP contribution < -0.4 is 0 Å². The number of pyridine rings is 1. The van der Waals surface area contributed by atoms with Gasteiger partial charge in [0, 0.05) is 17.4 Å². The number of nitrogens with zero attached hydrogens (tertiary/aromatic N) is 3. The monoisotopic (exact) mass is 359 g/mol. The fourth-order valence-electron chi connectivity index (χ4n) is 3.03. The van der Waals surface area contributed by atoms with Crippen LogP contribution in [0.2, 0.25) is 0 Å². The van der Waals surface area contributed by atoms with Gasteiger partial charge >= 0.3 is 0 Å². The summed E-state index contributed by atoms with van der Waals surface area (Å²) in [5, 5.41) is 2.23. The van der Waals surface area contributed by atoms with Crippen molar-refractivity contribution in [1.29, 1.82) is 0 Å². The van der Waals surface area contributed by atoms with Crippen LogP contribution in [0.4, 0.5) is 0 Å². The molecule has 4 rings (SSSR count). The van der Waals surface area contributed by atoms with Gasteiger partial charge in [0.2, 0.25) is 0 Å². The smallest absolute Gasteiger partial charge is 0.127 e. The van der Waals surface area contributed by atoms with Crippen LogP contribution in [0.5, 0.6) is 0 Å². The van der Waals surface area contributed by atoms with Crippen LogP contribution >= 0.6 is 23.1 Å². The number of fused-ring (bicyclic) bond motifs is 4. The van der Waals surface area contributed by atoms with Gasteiger partial charge in [0.1, 0.15) is 15.7 Å². The highest BCUT2D eigenvalue weighted by molar-refractivity contribution is 7.99. The highest BCUT2D eigenvalue weighted by Crippen LogP contribution is 2.39. The minimum atomic E-state index is -0.136. The van der Waals surface area contributed by atoms with Crippen LogP contribution in [-0.4, -0.2) is 26.3 Å². The number of ether oxygens (including phenoxy) is 1. The van der Waals surface area contributed by atoms with Crippen LogP contribution in [0.1, 0.15) is 44.3 Å². The molecule has 0 saturated carbocycles. The van der Waals surface area contributed by atoms with E-state index in [1.54, 1.807) is 11.3 Å². The number of aromatic nitrogens is 3. The number of rotatable bonds is 3. The maximum absolute atomic E-state index is 5.96. The summed E-state index contributed by atoms with van der Waals surface area (Å²) in [5.41, 5.74) is 3.27. The van der Waals surface area contributed by atoms with Gasteiger partial charge in [-0.25, -0.2) is 15.0 Å². The lowest BCUT2D eigenvalue weighted by Gasteiger charge is -2.30. The fourth-order valence-corrected chi connectivity index (χ4v) is 5.15. The van der Waals surface area contributed by atoms with Crippen molar-refractivity contribution in [3.63, 3.8) is 0 Å². The highest BCUT2D eigenvalue weighted by atomic mass is 32.2. The number of aryl methyl sites for hydroxylation is 1. The van der Waals surface area contributed by atoms with Gasteiger partial charge in [-0.1, -0.05) is 6.92 Å². The molecule has 0 aliphatic carbocycles. The lowest BCUT2D eigenvalue weighted by atomic mass is 9.95. The van der Waals surface area contributed by atoms with E-state index in [1.807, 2.05) is 18.7 Å². The Morgan fingerprint density at radius 2 is 2.12 bits per heavy atom. The van der Waals surface area contributed by atoms with Gasteiger partial charge in [-0.2, -0.15) is 0 Å². The largest absolute Gasteiger partial charge is 0.370 e. The van der Waals surface area contributed by atoms with E-state index in [0.29, 0.717) is 6.61 Å². The second-order valence-corrected chi connectivity index (χ2v) is 8.96. The van der Waals surface area contributed by atoms with E-state index in [2.05, 4.69) is 31.8 Å². The van der Waals surface area contributed by atoms with Crippen LogP contribution in [0.3, 0.4) is 0 Å². The van der Waals surface area contributed by atoms with Gasteiger partial charge in [-0.15, -0.1) is 23.1 Å². The van der Waals surface area contributed by atoms with Gasteiger partial charge in [0.15, 0.2) is 0 Å². The van der Waals surface area contributed by atoms with Gasteiger partial charge in [0.05, 0.1) is 28.1 Å². The Balaban J connectivity index is 1.92. The average Bonchev–Trinajstić information content (AvgIpc) is 2.87. The van der Waals surface area contributed by atoms with E-state index in [4.69, 9.17) is 14.7 Å². The Labute approximate surface area is 150 Å². The summed E-state index contributed by atoms with van der Waals surface area (Å²) in [6, 6.07) is 2.23. The Kier molecular flexibility index (Phi) is 4.01. The van der Waals surface area contributed by atoms with Crippen molar-refractivity contribution >= 4 is 43.5 Å². The molecule has 0 aromatic carbocycles. The molecular weight excluding hydrogens is 338 g/mol. The van der Waals surface area contributed by atoms with Crippen molar-refractivity contribution in [2.24, 2.45) is 0 Å². The summed E-state index contributed by atoms with van der Waals surface area (Å²) in [6.45, 7) is 9.04. The van der Waals surface area contributed by atoms with Crippen LogP contribution in [-0.2, 0) is 17.8 Å². The van der Waals surface area contributed by atoms with Crippen LogP contribution in [0.15, 0.2) is 11.1 Å². The molecule has 0 unspecified atom stereocenters. The molecule has 0 atom stereocenters. The first-order chi connectivity index (χ1) is 11.5. The van der Waals surface area contributed by atoms with Gasteiger partial charge < -0.3 is 4.74 Å². The molecule has 3 aromatic heterocycles. The molecule has 126 valence electrons. The fraction of sp³-hybridized carbons (Fsp3) is 0.500. The Hall–Kier alpha value is -1.24. The number of hydrogen-bond donors (Lipinski definition) is 0. The molecular formula is C18H21N3OS2. The Morgan fingerprint density at radius 1 is 1.29 bits per heavy atom. The number of thioether (sulfide) groups is 1. The highest BCUT2D eigenvalue weighted by Gasteiger charge is 2.28. The summed E-state index contributed by atoms with van der Waals surface area (Å²) in [5.74, 6) is 1.90.